The number of carbonyl (C=O) groups is 1. The van der Waals surface area contributed by atoms with Crippen molar-refractivity contribution in [2.24, 2.45) is 0 Å². The molecule has 0 heterocycles. The van der Waals surface area contributed by atoms with Gasteiger partial charge in [0.1, 0.15) is 0 Å². The monoisotopic (exact) mass is 215 g/mol. The predicted octanol–water partition coefficient (Wildman–Crippen LogP) is 1.13. The largest absolute Gasteiger partial charge is 0.479 e. The molecule has 1 aliphatic carbocycles. The van der Waals surface area contributed by atoms with Gasteiger partial charge in [0.15, 0.2) is 5.60 Å². The Morgan fingerprint density at radius 1 is 1.40 bits per heavy atom. The van der Waals surface area contributed by atoms with E-state index in [1.807, 2.05) is 0 Å². The van der Waals surface area contributed by atoms with Gasteiger partial charge < -0.3 is 15.5 Å². The summed E-state index contributed by atoms with van der Waals surface area (Å²) in [5.41, 5.74) is -1.67. The zero-order valence-corrected chi connectivity index (χ0v) is 9.55. The molecule has 0 aromatic rings. The number of rotatable bonds is 4. The zero-order chi connectivity index (χ0) is 11.5. The summed E-state index contributed by atoms with van der Waals surface area (Å²) in [6, 6.07) is 0. The highest BCUT2D eigenvalue weighted by Gasteiger charge is 2.34. The molecule has 0 aromatic heterocycles. The van der Waals surface area contributed by atoms with Crippen molar-refractivity contribution in [3.63, 3.8) is 0 Å². The Kier molecular flexibility index (Phi) is 3.73. The second-order valence-electron chi connectivity index (χ2n) is 5.05. The van der Waals surface area contributed by atoms with E-state index in [1.54, 1.807) is 0 Å². The molecule has 0 aliphatic heterocycles. The number of aliphatic carboxylic acids is 1. The molecule has 1 aliphatic rings. The molecule has 0 aromatic carbocycles. The minimum Gasteiger partial charge on any atom is -0.479 e. The van der Waals surface area contributed by atoms with Crippen molar-refractivity contribution in [3.05, 3.63) is 0 Å². The minimum atomic E-state index is -1.67. The van der Waals surface area contributed by atoms with Gasteiger partial charge in [0.25, 0.3) is 0 Å². The highest BCUT2D eigenvalue weighted by atomic mass is 16.4. The Morgan fingerprint density at radius 2 is 1.93 bits per heavy atom. The van der Waals surface area contributed by atoms with E-state index in [9.17, 15) is 9.90 Å². The van der Waals surface area contributed by atoms with Crippen LogP contribution in [0.4, 0.5) is 0 Å². The molecule has 4 heteroatoms. The number of nitrogens with one attached hydrogen (secondary N) is 1. The second-order valence-corrected chi connectivity index (χ2v) is 5.05. The maximum absolute atomic E-state index is 10.7. The number of hydrogen-bond donors (Lipinski definition) is 3. The van der Waals surface area contributed by atoms with Gasteiger partial charge >= 0.3 is 5.97 Å². The summed E-state index contributed by atoms with van der Waals surface area (Å²) in [5.74, 6) is -1.17. The van der Waals surface area contributed by atoms with Crippen molar-refractivity contribution >= 4 is 5.97 Å². The lowest BCUT2D eigenvalue weighted by molar-refractivity contribution is -0.156. The molecule has 1 unspecified atom stereocenters. The van der Waals surface area contributed by atoms with Crippen molar-refractivity contribution in [1.29, 1.82) is 0 Å². The van der Waals surface area contributed by atoms with Gasteiger partial charge in [-0.3, -0.25) is 0 Å². The Balaban J connectivity index is 2.44. The SMILES string of the molecule is CC1(NCC(C)(O)C(=O)O)CCCCC1. The number of aliphatic hydroxyl groups is 1. The third-order valence-corrected chi connectivity index (χ3v) is 3.28. The van der Waals surface area contributed by atoms with Crippen LogP contribution < -0.4 is 5.32 Å². The fraction of sp³-hybridized carbons (Fsp3) is 0.909. The van der Waals surface area contributed by atoms with Gasteiger partial charge in [-0.15, -0.1) is 0 Å². The topological polar surface area (TPSA) is 69.6 Å². The Hall–Kier alpha value is -0.610. The molecule has 1 fully saturated rings. The summed E-state index contributed by atoms with van der Waals surface area (Å²) in [7, 11) is 0. The maximum Gasteiger partial charge on any atom is 0.336 e. The standard InChI is InChI=1S/C11H21NO3/c1-10(6-4-3-5-7-10)12-8-11(2,15)9(13)14/h12,15H,3-8H2,1-2H3,(H,13,14). The summed E-state index contributed by atoms with van der Waals surface area (Å²) in [5, 5.41) is 21.5. The van der Waals surface area contributed by atoms with Gasteiger partial charge in [-0.1, -0.05) is 19.3 Å². The van der Waals surface area contributed by atoms with Crippen LogP contribution in [0, 0.1) is 0 Å². The van der Waals surface area contributed by atoms with E-state index in [0.717, 1.165) is 12.8 Å². The lowest BCUT2D eigenvalue weighted by Gasteiger charge is -2.36. The molecular weight excluding hydrogens is 194 g/mol. The van der Waals surface area contributed by atoms with Crippen LogP contribution >= 0.6 is 0 Å². The van der Waals surface area contributed by atoms with Gasteiger partial charge in [-0.25, -0.2) is 4.79 Å². The van der Waals surface area contributed by atoms with Crippen LogP contribution in [0.3, 0.4) is 0 Å². The molecule has 0 spiro atoms. The second kappa shape index (κ2) is 4.49. The van der Waals surface area contributed by atoms with Crippen molar-refractivity contribution in [2.45, 2.75) is 57.1 Å². The number of β-amino-alcohol motifs (C(OH)–C–C–N with tert-alkyl or cyclic N) is 1. The Bertz CT molecular complexity index is 232. The van der Waals surface area contributed by atoms with Crippen LogP contribution in [0.1, 0.15) is 46.0 Å². The van der Waals surface area contributed by atoms with Gasteiger partial charge in [-0.2, -0.15) is 0 Å². The van der Waals surface area contributed by atoms with Crippen LogP contribution in [0.5, 0.6) is 0 Å². The summed E-state index contributed by atoms with van der Waals surface area (Å²) >= 11 is 0. The quantitative estimate of drug-likeness (QED) is 0.657. The zero-order valence-electron chi connectivity index (χ0n) is 9.55. The molecule has 1 saturated carbocycles. The van der Waals surface area contributed by atoms with Gasteiger partial charge in [-0.05, 0) is 26.7 Å². The molecule has 0 saturated heterocycles. The number of hydrogen-bond acceptors (Lipinski definition) is 3. The van der Waals surface area contributed by atoms with Gasteiger partial charge in [0.2, 0.25) is 0 Å². The number of carboxylic acids is 1. The van der Waals surface area contributed by atoms with Gasteiger partial charge in [0, 0.05) is 12.1 Å². The molecule has 88 valence electrons. The third kappa shape index (κ3) is 3.47. The summed E-state index contributed by atoms with van der Waals surface area (Å²) < 4.78 is 0. The van der Waals surface area contributed by atoms with Crippen LogP contribution in [0.25, 0.3) is 0 Å². The maximum atomic E-state index is 10.7. The molecule has 1 rings (SSSR count). The van der Waals surface area contributed by atoms with Crippen molar-refractivity contribution in [1.82, 2.24) is 5.32 Å². The molecule has 3 N–H and O–H groups in total. The van der Waals surface area contributed by atoms with E-state index in [-0.39, 0.29) is 12.1 Å². The van der Waals surface area contributed by atoms with Crippen molar-refractivity contribution in [2.75, 3.05) is 6.54 Å². The molecule has 15 heavy (non-hydrogen) atoms. The van der Waals surface area contributed by atoms with E-state index >= 15 is 0 Å². The normalized spacial score (nSPS) is 24.5. The highest BCUT2D eigenvalue weighted by molar-refractivity contribution is 5.76. The fourth-order valence-corrected chi connectivity index (χ4v) is 1.97. The van der Waals surface area contributed by atoms with Crippen molar-refractivity contribution < 1.29 is 15.0 Å². The van der Waals surface area contributed by atoms with E-state index in [0.29, 0.717) is 0 Å². The average molecular weight is 215 g/mol. The minimum absolute atomic E-state index is 0.00229. The lowest BCUT2D eigenvalue weighted by Crippen LogP contribution is -2.53. The first kappa shape index (κ1) is 12.5. The third-order valence-electron chi connectivity index (χ3n) is 3.28. The van der Waals surface area contributed by atoms with Crippen LogP contribution in [0.2, 0.25) is 0 Å². The van der Waals surface area contributed by atoms with E-state index < -0.39 is 11.6 Å². The van der Waals surface area contributed by atoms with E-state index in [4.69, 9.17) is 5.11 Å². The first-order valence-electron chi connectivity index (χ1n) is 5.57. The summed E-state index contributed by atoms with van der Waals surface area (Å²) in [6.45, 7) is 3.54. The summed E-state index contributed by atoms with van der Waals surface area (Å²) in [6.07, 6.45) is 5.73. The smallest absolute Gasteiger partial charge is 0.336 e. The van der Waals surface area contributed by atoms with Crippen molar-refractivity contribution in [3.8, 4) is 0 Å². The van der Waals surface area contributed by atoms with E-state index in [2.05, 4.69) is 12.2 Å². The lowest BCUT2D eigenvalue weighted by atomic mass is 9.83. The first-order valence-corrected chi connectivity index (χ1v) is 5.57. The van der Waals surface area contributed by atoms with Crippen LogP contribution in [-0.2, 0) is 4.79 Å². The molecule has 4 nitrogen and oxygen atoms in total. The Labute approximate surface area is 90.7 Å². The van der Waals surface area contributed by atoms with Crippen LogP contribution in [-0.4, -0.2) is 33.9 Å². The van der Waals surface area contributed by atoms with Crippen LogP contribution in [0.15, 0.2) is 0 Å². The van der Waals surface area contributed by atoms with E-state index in [1.165, 1.54) is 26.2 Å². The first-order chi connectivity index (χ1) is 6.86. The molecule has 0 bridgehead atoms. The summed E-state index contributed by atoms with van der Waals surface area (Å²) in [4.78, 5) is 10.7. The fourth-order valence-electron chi connectivity index (χ4n) is 1.97. The number of carboxylic acid groups (broad SMARTS) is 1. The molecule has 1 atom stereocenters. The molecule has 0 radical (unpaired) electrons. The molecular formula is C11H21NO3. The Morgan fingerprint density at radius 3 is 2.40 bits per heavy atom. The average Bonchev–Trinajstić information content (AvgIpc) is 2.16. The van der Waals surface area contributed by atoms with Gasteiger partial charge in [0.05, 0.1) is 0 Å². The highest BCUT2D eigenvalue weighted by Crippen LogP contribution is 2.27. The molecule has 0 amide bonds. The predicted molar refractivity (Wildman–Crippen MR) is 57.8 cm³/mol.